The van der Waals surface area contributed by atoms with Gasteiger partial charge in [0.25, 0.3) is 0 Å². The molecule has 0 radical (unpaired) electrons. The van der Waals surface area contributed by atoms with Crippen LogP contribution in [-0.2, 0) is 17.8 Å². The molecule has 0 atom stereocenters. The molecule has 2 heterocycles. The monoisotopic (exact) mass is 321 g/mol. The highest BCUT2D eigenvalue weighted by Crippen LogP contribution is 2.14. The van der Waals surface area contributed by atoms with Crippen LogP contribution in [-0.4, -0.2) is 27.2 Å². The average molecular weight is 321 g/mol. The second-order valence-electron chi connectivity index (χ2n) is 4.99. The lowest BCUT2D eigenvalue weighted by Crippen LogP contribution is -2.28. The van der Waals surface area contributed by atoms with Crippen molar-refractivity contribution in [2.24, 2.45) is 0 Å². The summed E-state index contributed by atoms with van der Waals surface area (Å²) in [5.74, 6) is -1.45. The molecule has 3 rings (SSSR count). The predicted molar refractivity (Wildman–Crippen MR) is 79.6 cm³/mol. The number of nitrogens with zero attached hydrogens (tertiary/aromatic N) is 3. The van der Waals surface area contributed by atoms with Gasteiger partial charge in [-0.25, -0.2) is 13.8 Å². The largest absolute Gasteiger partial charge is 0.341 e. The lowest BCUT2D eigenvalue weighted by Gasteiger charge is -2.17. The first-order chi connectivity index (χ1) is 10.5. The molecule has 0 aliphatic rings. The third-order valence-electron chi connectivity index (χ3n) is 3.32. The van der Waals surface area contributed by atoms with E-state index in [2.05, 4.69) is 4.98 Å². The van der Waals surface area contributed by atoms with E-state index < -0.39 is 11.6 Å². The van der Waals surface area contributed by atoms with Gasteiger partial charge >= 0.3 is 0 Å². The summed E-state index contributed by atoms with van der Waals surface area (Å²) in [6, 6.07) is 3.35. The summed E-state index contributed by atoms with van der Waals surface area (Å²) in [6.45, 7) is 0.0904. The van der Waals surface area contributed by atoms with Crippen molar-refractivity contribution in [1.82, 2.24) is 14.3 Å². The molecule has 0 aliphatic carbocycles. The summed E-state index contributed by atoms with van der Waals surface area (Å²) in [5, 5.41) is 1.91. The fourth-order valence-corrected chi connectivity index (χ4v) is 2.86. The Kier molecular flexibility index (Phi) is 3.89. The third kappa shape index (κ3) is 2.99. The maximum Gasteiger partial charge on any atom is 0.228 e. The van der Waals surface area contributed by atoms with Gasteiger partial charge in [0.05, 0.1) is 12.1 Å². The highest BCUT2D eigenvalue weighted by Gasteiger charge is 2.15. The molecule has 7 heteroatoms. The van der Waals surface area contributed by atoms with Gasteiger partial charge in [-0.15, -0.1) is 11.3 Å². The molecule has 22 heavy (non-hydrogen) atoms. The van der Waals surface area contributed by atoms with Crippen molar-refractivity contribution < 1.29 is 13.6 Å². The van der Waals surface area contributed by atoms with E-state index in [0.717, 1.165) is 11.0 Å². The van der Waals surface area contributed by atoms with E-state index in [4.69, 9.17) is 0 Å². The fraction of sp³-hybridized carbons (Fsp3) is 0.200. The fourth-order valence-electron chi connectivity index (χ4n) is 2.14. The van der Waals surface area contributed by atoms with E-state index in [-0.39, 0.29) is 24.4 Å². The molecular weight excluding hydrogens is 308 g/mol. The maximum absolute atomic E-state index is 13.6. The van der Waals surface area contributed by atoms with Crippen LogP contribution in [0.3, 0.4) is 0 Å². The Hall–Kier alpha value is -2.28. The van der Waals surface area contributed by atoms with Gasteiger partial charge in [0.1, 0.15) is 11.6 Å². The maximum atomic E-state index is 13.6. The average Bonchev–Trinajstić information content (AvgIpc) is 3.02. The number of amides is 1. The minimum Gasteiger partial charge on any atom is -0.341 e. The number of aromatic nitrogens is 2. The topological polar surface area (TPSA) is 37.6 Å². The first kappa shape index (κ1) is 14.6. The summed E-state index contributed by atoms with van der Waals surface area (Å²) in [5.41, 5.74) is 0.950. The van der Waals surface area contributed by atoms with Crippen LogP contribution in [0.4, 0.5) is 8.78 Å². The van der Waals surface area contributed by atoms with Crippen molar-refractivity contribution in [2.45, 2.75) is 13.0 Å². The Morgan fingerprint density at radius 3 is 2.95 bits per heavy atom. The van der Waals surface area contributed by atoms with E-state index in [1.54, 1.807) is 13.2 Å². The van der Waals surface area contributed by atoms with Gasteiger partial charge in [-0.05, 0) is 6.07 Å². The van der Waals surface area contributed by atoms with Crippen LogP contribution in [0, 0.1) is 11.6 Å². The molecule has 0 saturated heterocycles. The first-order valence-electron chi connectivity index (χ1n) is 6.62. The Labute approximate surface area is 129 Å². The zero-order valence-electron chi connectivity index (χ0n) is 11.8. The second-order valence-corrected chi connectivity index (χ2v) is 5.86. The highest BCUT2D eigenvalue weighted by molar-refractivity contribution is 7.15. The number of carbonyl (C=O) groups excluding carboxylic acids is 1. The van der Waals surface area contributed by atoms with Crippen LogP contribution in [0.2, 0.25) is 0 Å². The molecule has 0 N–H and O–H groups in total. The molecule has 114 valence electrons. The second kappa shape index (κ2) is 5.84. The number of hydrogen-bond donors (Lipinski definition) is 0. The molecule has 3 aromatic rings. The summed E-state index contributed by atoms with van der Waals surface area (Å²) >= 11 is 1.49. The van der Waals surface area contributed by atoms with Crippen molar-refractivity contribution in [3.63, 3.8) is 0 Å². The molecule has 0 unspecified atom stereocenters. The lowest BCUT2D eigenvalue weighted by molar-refractivity contribution is -0.129. The Balaban J connectivity index is 1.67. The van der Waals surface area contributed by atoms with Gasteiger partial charge in [-0.3, -0.25) is 9.20 Å². The first-order valence-corrected chi connectivity index (χ1v) is 7.50. The van der Waals surface area contributed by atoms with Crippen molar-refractivity contribution in [3.8, 4) is 0 Å². The minimum atomic E-state index is -0.651. The van der Waals surface area contributed by atoms with Gasteiger partial charge < -0.3 is 4.90 Å². The molecule has 0 fully saturated rings. The van der Waals surface area contributed by atoms with E-state index in [1.165, 1.54) is 28.4 Å². The van der Waals surface area contributed by atoms with Crippen molar-refractivity contribution in [1.29, 1.82) is 0 Å². The highest BCUT2D eigenvalue weighted by atomic mass is 32.1. The Morgan fingerprint density at radius 1 is 1.41 bits per heavy atom. The number of rotatable bonds is 4. The van der Waals surface area contributed by atoms with Crippen LogP contribution in [0.15, 0.2) is 36.0 Å². The smallest absolute Gasteiger partial charge is 0.228 e. The van der Waals surface area contributed by atoms with Crippen molar-refractivity contribution >= 4 is 22.2 Å². The Morgan fingerprint density at radius 2 is 2.23 bits per heavy atom. The predicted octanol–water partition coefficient (Wildman–Crippen LogP) is 2.88. The van der Waals surface area contributed by atoms with E-state index in [9.17, 15) is 13.6 Å². The van der Waals surface area contributed by atoms with Crippen molar-refractivity contribution in [2.75, 3.05) is 7.05 Å². The third-order valence-corrected chi connectivity index (χ3v) is 4.09. The number of halogens is 2. The van der Waals surface area contributed by atoms with E-state index in [0.29, 0.717) is 5.69 Å². The van der Waals surface area contributed by atoms with Crippen LogP contribution in [0.1, 0.15) is 11.3 Å². The molecular formula is C15H13F2N3OS. The van der Waals surface area contributed by atoms with Crippen LogP contribution in [0.25, 0.3) is 4.96 Å². The molecule has 1 amide bonds. The molecule has 0 spiro atoms. The van der Waals surface area contributed by atoms with Gasteiger partial charge in [0, 0.05) is 43.0 Å². The zero-order chi connectivity index (χ0) is 15.7. The summed E-state index contributed by atoms with van der Waals surface area (Å²) in [6.07, 6.45) is 3.82. The molecule has 0 bridgehead atoms. The molecule has 0 aliphatic heterocycles. The van der Waals surface area contributed by atoms with E-state index in [1.807, 2.05) is 16.0 Å². The van der Waals surface area contributed by atoms with Crippen molar-refractivity contribution in [3.05, 3.63) is 58.9 Å². The standard InChI is InChI=1S/C15H13F2N3OS/c1-19(8-10-2-3-11(16)6-13(10)17)14(21)7-12-9-20-4-5-22-15(20)18-12/h2-6,9H,7-8H2,1H3. The minimum absolute atomic E-state index is 0.0904. The summed E-state index contributed by atoms with van der Waals surface area (Å²) in [4.78, 5) is 18.8. The number of imidazole rings is 1. The number of hydrogen-bond acceptors (Lipinski definition) is 3. The lowest BCUT2D eigenvalue weighted by atomic mass is 10.2. The van der Waals surface area contributed by atoms with Gasteiger partial charge in [-0.2, -0.15) is 0 Å². The van der Waals surface area contributed by atoms with Crippen LogP contribution >= 0.6 is 11.3 Å². The SMILES string of the molecule is CN(Cc1ccc(F)cc1F)C(=O)Cc1cn2ccsc2n1. The van der Waals surface area contributed by atoms with Gasteiger partial charge in [-0.1, -0.05) is 6.07 Å². The number of carbonyl (C=O) groups is 1. The van der Waals surface area contributed by atoms with Gasteiger partial charge in [0.15, 0.2) is 4.96 Å². The van der Waals surface area contributed by atoms with Crippen LogP contribution in [0.5, 0.6) is 0 Å². The normalized spacial score (nSPS) is 11.0. The Bertz CT molecular complexity index is 799. The van der Waals surface area contributed by atoms with Gasteiger partial charge in [0.2, 0.25) is 5.91 Å². The number of benzene rings is 1. The number of likely N-dealkylation sites (N-methyl/N-ethyl adjacent to an activating group) is 1. The van der Waals surface area contributed by atoms with Crippen LogP contribution < -0.4 is 0 Å². The quantitative estimate of drug-likeness (QED) is 0.741. The number of fused-ring (bicyclic) bond motifs is 1. The molecule has 1 aromatic carbocycles. The van der Waals surface area contributed by atoms with E-state index >= 15 is 0 Å². The molecule has 2 aromatic heterocycles. The molecule has 4 nitrogen and oxygen atoms in total. The molecule has 0 saturated carbocycles. The number of thiazole rings is 1. The summed E-state index contributed by atoms with van der Waals surface area (Å²) < 4.78 is 28.3. The zero-order valence-corrected chi connectivity index (χ0v) is 12.6. The summed E-state index contributed by atoms with van der Waals surface area (Å²) in [7, 11) is 1.59.